The molecule has 1 spiro atoms. The molecule has 1 heterocycles. The maximum absolute atomic E-state index is 13.0. The van der Waals surface area contributed by atoms with E-state index in [2.05, 4.69) is 19.9 Å². The lowest BCUT2D eigenvalue weighted by Crippen LogP contribution is -2.57. The van der Waals surface area contributed by atoms with E-state index in [1.54, 1.807) is 0 Å². The van der Waals surface area contributed by atoms with Crippen LogP contribution in [0.1, 0.15) is 39.5 Å². The van der Waals surface area contributed by atoms with Crippen molar-refractivity contribution in [3.8, 4) is 0 Å². The molecule has 1 aliphatic heterocycles. The Labute approximate surface area is 125 Å². The van der Waals surface area contributed by atoms with E-state index in [9.17, 15) is 4.79 Å². The molecule has 3 aliphatic rings. The standard InChI is InChI=1S/C16H23ClN2O/c1-3-19-7-6-15(2)5-4-11(17)8-13(15)16(14(19)20)9-12(18)10-16/h4,8,12H,3,5-7,9-10,18H2,1-2H3. The minimum absolute atomic E-state index is 0.0537. The van der Waals surface area contributed by atoms with Gasteiger partial charge in [-0.15, -0.1) is 0 Å². The van der Waals surface area contributed by atoms with E-state index in [1.165, 1.54) is 5.57 Å². The van der Waals surface area contributed by atoms with E-state index in [4.69, 9.17) is 17.3 Å². The maximum atomic E-state index is 13.0. The fraction of sp³-hybridized carbons (Fsp3) is 0.688. The Bertz CT molecular complexity index is 505. The van der Waals surface area contributed by atoms with Crippen LogP contribution in [-0.2, 0) is 4.79 Å². The number of nitrogens with two attached hydrogens (primary N) is 1. The molecule has 1 amide bonds. The minimum Gasteiger partial charge on any atom is -0.342 e. The Morgan fingerprint density at radius 2 is 2.20 bits per heavy atom. The summed E-state index contributed by atoms with van der Waals surface area (Å²) in [5, 5.41) is 0.773. The van der Waals surface area contributed by atoms with Crippen LogP contribution in [0.25, 0.3) is 0 Å². The van der Waals surface area contributed by atoms with Gasteiger partial charge in [0.05, 0.1) is 5.41 Å². The van der Waals surface area contributed by atoms with Crippen molar-refractivity contribution in [3.05, 3.63) is 22.8 Å². The second-order valence-electron chi connectivity index (χ2n) is 6.80. The molecular weight excluding hydrogens is 272 g/mol. The molecule has 1 unspecified atom stereocenters. The lowest BCUT2D eigenvalue weighted by Gasteiger charge is -2.51. The number of halogens is 1. The smallest absolute Gasteiger partial charge is 0.233 e. The van der Waals surface area contributed by atoms with Crippen LogP contribution in [0.5, 0.6) is 0 Å². The summed E-state index contributed by atoms with van der Waals surface area (Å²) in [7, 11) is 0. The van der Waals surface area contributed by atoms with Gasteiger partial charge in [-0.2, -0.15) is 0 Å². The van der Waals surface area contributed by atoms with Gasteiger partial charge in [0.1, 0.15) is 0 Å². The lowest BCUT2D eigenvalue weighted by molar-refractivity contribution is -0.144. The third kappa shape index (κ3) is 1.86. The first-order valence-electron chi connectivity index (χ1n) is 7.54. The van der Waals surface area contributed by atoms with Gasteiger partial charge in [-0.1, -0.05) is 24.6 Å². The first kappa shape index (κ1) is 14.2. The molecular formula is C16H23ClN2O. The molecule has 2 fully saturated rings. The van der Waals surface area contributed by atoms with Crippen LogP contribution < -0.4 is 5.73 Å². The second kappa shape index (κ2) is 4.60. The maximum Gasteiger partial charge on any atom is 0.233 e. The summed E-state index contributed by atoms with van der Waals surface area (Å²) in [6, 6.07) is 0.144. The zero-order valence-electron chi connectivity index (χ0n) is 12.3. The number of allylic oxidation sites excluding steroid dienone is 3. The molecule has 20 heavy (non-hydrogen) atoms. The fourth-order valence-electron chi connectivity index (χ4n) is 4.19. The highest BCUT2D eigenvalue weighted by molar-refractivity contribution is 6.31. The summed E-state index contributed by atoms with van der Waals surface area (Å²) in [6.45, 7) is 5.95. The van der Waals surface area contributed by atoms with E-state index in [-0.39, 0.29) is 22.8 Å². The number of likely N-dealkylation sites (tertiary alicyclic amines) is 1. The average Bonchev–Trinajstić information content (AvgIpc) is 2.46. The number of fused-ring (bicyclic) bond motifs is 2. The fourth-order valence-corrected chi connectivity index (χ4v) is 4.38. The van der Waals surface area contributed by atoms with Gasteiger partial charge >= 0.3 is 0 Å². The normalized spacial score (nSPS) is 40.7. The summed E-state index contributed by atoms with van der Waals surface area (Å²) >= 11 is 6.24. The van der Waals surface area contributed by atoms with Crippen LogP contribution in [0.2, 0.25) is 0 Å². The molecule has 4 heteroatoms. The van der Waals surface area contributed by atoms with Gasteiger partial charge in [0.25, 0.3) is 0 Å². The molecule has 1 saturated carbocycles. The zero-order valence-corrected chi connectivity index (χ0v) is 13.0. The third-order valence-corrected chi connectivity index (χ3v) is 5.69. The van der Waals surface area contributed by atoms with Gasteiger partial charge in [0.2, 0.25) is 5.91 Å². The number of hydrogen-bond donors (Lipinski definition) is 1. The van der Waals surface area contributed by atoms with Gasteiger partial charge in [-0.05, 0) is 49.7 Å². The summed E-state index contributed by atoms with van der Waals surface area (Å²) in [6.07, 6.45) is 7.62. The van der Waals surface area contributed by atoms with Crippen molar-refractivity contribution in [2.45, 2.75) is 45.6 Å². The molecule has 0 aromatic heterocycles. The summed E-state index contributed by atoms with van der Waals surface area (Å²) < 4.78 is 0. The van der Waals surface area contributed by atoms with Crippen molar-refractivity contribution in [1.82, 2.24) is 4.90 Å². The quantitative estimate of drug-likeness (QED) is 0.808. The molecule has 3 nitrogen and oxygen atoms in total. The lowest BCUT2D eigenvalue weighted by atomic mass is 9.53. The minimum atomic E-state index is -0.380. The van der Waals surface area contributed by atoms with E-state index >= 15 is 0 Å². The van der Waals surface area contributed by atoms with Crippen LogP contribution in [0.4, 0.5) is 0 Å². The molecule has 3 rings (SSSR count). The van der Waals surface area contributed by atoms with Crippen molar-refractivity contribution in [3.63, 3.8) is 0 Å². The summed E-state index contributed by atoms with van der Waals surface area (Å²) in [4.78, 5) is 15.0. The zero-order chi connectivity index (χ0) is 14.5. The molecule has 0 aromatic rings. The highest BCUT2D eigenvalue weighted by Crippen LogP contribution is 2.58. The highest BCUT2D eigenvalue weighted by Gasteiger charge is 2.58. The van der Waals surface area contributed by atoms with Crippen molar-refractivity contribution in [2.24, 2.45) is 16.6 Å². The first-order chi connectivity index (χ1) is 9.41. The van der Waals surface area contributed by atoms with Gasteiger partial charge in [-0.25, -0.2) is 0 Å². The van der Waals surface area contributed by atoms with E-state index < -0.39 is 0 Å². The Morgan fingerprint density at radius 3 is 2.80 bits per heavy atom. The molecule has 2 aliphatic carbocycles. The van der Waals surface area contributed by atoms with Crippen molar-refractivity contribution < 1.29 is 4.79 Å². The largest absolute Gasteiger partial charge is 0.342 e. The van der Waals surface area contributed by atoms with Gasteiger partial charge < -0.3 is 10.6 Å². The molecule has 0 aromatic carbocycles. The second-order valence-corrected chi connectivity index (χ2v) is 7.23. The number of hydrogen-bond acceptors (Lipinski definition) is 2. The molecule has 2 N–H and O–H groups in total. The van der Waals surface area contributed by atoms with Crippen LogP contribution in [-0.4, -0.2) is 29.9 Å². The van der Waals surface area contributed by atoms with Crippen molar-refractivity contribution >= 4 is 17.5 Å². The van der Waals surface area contributed by atoms with E-state index in [0.29, 0.717) is 0 Å². The van der Waals surface area contributed by atoms with Gasteiger partial charge in [0.15, 0.2) is 0 Å². The number of nitrogens with zero attached hydrogens (tertiary/aromatic N) is 1. The summed E-state index contributed by atoms with van der Waals surface area (Å²) in [5.74, 6) is 0.267. The predicted molar refractivity (Wildman–Crippen MR) is 81.3 cm³/mol. The van der Waals surface area contributed by atoms with Gasteiger partial charge in [0, 0.05) is 24.2 Å². The Balaban J connectivity index is 2.09. The van der Waals surface area contributed by atoms with Crippen LogP contribution in [0.3, 0.4) is 0 Å². The monoisotopic (exact) mass is 294 g/mol. The Kier molecular flexibility index (Phi) is 3.26. The number of carbonyl (C=O) groups excluding carboxylic acids is 1. The highest BCUT2D eigenvalue weighted by atomic mass is 35.5. The molecule has 1 saturated heterocycles. The number of carbonyl (C=O) groups is 1. The SMILES string of the molecule is CCN1CCC2(C)CC=C(Cl)C=C2C2(CC(N)C2)C1=O. The predicted octanol–water partition coefficient (Wildman–Crippen LogP) is 2.81. The number of rotatable bonds is 1. The summed E-state index contributed by atoms with van der Waals surface area (Å²) in [5.41, 5.74) is 6.95. The van der Waals surface area contributed by atoms with Crippen molar-refractivity contribution in [1.29, 1.82) is 0 Å². The average molecular weight is 295 g/mol. The van der Waals surface area contributed by atoms with Crippen LogP contribution >= 0.6 is 11.6 Å². The molecule has 110 valence electrons. The van der Waals surface area contributed by atoms with E-state index in [0.717, 1.165) is 43.8 Å². The Morgan fingerprint density at radius 1 is 1.50 bits per heavy atom. The first-order valence-corrected chi connectivity index (χ1v) is 7.92. The molecule has 0 radical (unpaired) electrons. The third-order valence-electron chi connectivity index (χ3n) is 5.43. The molecule has 1 atom stereocenters. The van der Waals surface area contributed by atoms with Gasteiger partial charge in [-0.3, -0.25) is 4.79 Å². The van der Waals surface area contributed by atoms with Crippen LogP contribution in [0, 0.1) is 10.8 Å². The number of amides is 1. The van der Waals surface area contributed by atoms with E-state index in [1.807, 2.05) is 11.0 Å². The van der Waals surface area contributed by atoms with Crippen LogP contribution in [0.15, 0.2) is 22.8 Å². The van der Waals surface area contributed by atoms with Crippen molar-refractivity contribution in [2.75, 3.05) is 13.1 Å². The Hall–Kier alpha value is -0.800. The molecule has 0 bridgehead atoms. The topological polar surface area (TPSA) is 46.3 Å².